The molecule has 2 aliphatic rings. The molecule has 1 saturated heterocycles. The summed E-state index contributed by atoms with van der Waals surface area (Å²) < 4.78 is 6.78. The fourth-order valence-corrected chi connectivity index (χ4v) is 3.49. The Hall–Kier alpha value is -2.29. The van der Waals surface area contributed by atoms with Crippen molar-refractivity contribution in [1.29, 1.82) is 0 Å². The third-order valence-corrected chi connectivity index (χ3v) is 5.78. The number of aryl methyl sites for hydroxylation is 1. The van der Waals surface area contributed by atoms with Gasteiger partial charge in [-0.25, -0.2) is 4.79 Å². The quantitative estimate of drug-likeness (QED) is 0.702. The van der Waals surface area contributed by atoms with Crippen molar-refractivity contribution in [1.82, 2.24) is 15.8 Å². The summed E-state index contributed by atoms with van der Waals surface area (Å²) in [5.41, 5.74) is 3.25. The molecule has 27 heavy (non-hydrogen) atoms. The first-order valence-corrected chi connectivity index (χ1v) is 9.62. The number of anilines is 1. The number of nitrogens with one attached hydrogen (secondary N) is 2. The van der Waals surface area contributed by atoms with E-state index in [0.29, 0.717) is 18.7 Å². The smallest absolute Gasteiger partial charge is 0.344 e. The first-order chi connectivity index (χ1) is 12.6. The highest BCUT2D eigenvalue weighted by atomic mass is 79.9. The highest BCUT2D eigenvalue weighted by Gasteiger charge is 2.47. The maximum Gasteiger partial charge on any atom is 0.344 e. The summed E-state index contributed by atoms with van der Waals surface area (Å²) in [5.74, 6) is -0.205. The molecule has 2 heterocycles. The second kappa shape index (κ2) is 7.03. The molecule has 2 atom stereocenters. The minimum Gasteiger partial charge on any atom is -0.487 e. The van der Waals surface area contributed by atoms with Crippen LogP contribution in [0.25, 0.3) is 0 Å². The lowest BCUT2D eigenvalue weighted by Crippen LogP contribution is -2.52. The number of fused-ring (bicyclic) bond motifs is 1. The molecule has 0 spiro atoms. The van der Waals surface area contributed by atoms with E-state index >= 15 is 0 Å². The first-order valence-electron chi connectivity index (χ1n) is 8.82. The van der Waals surface area contributed by atoms with Gasteiger partial charge in [0.15, 0.2) is 0 Å². The van der Waals surface area contributed by atoms with Crippen molar-refractivity contribution >= 4 is 39.5 Å². The van der Waals surface area contributed by atoms with Crippen LogP contribution in [0, 0.1) is 6.92 Å². The number of nitrogens with zero attached hydrogens (tertiary/aromatic N) is 2. The van der Waals surface area contributed by atoms with E-state index in [1.54, 1.807) is 13.8 Å². The van der Waals surface area contributed by atoms with Gasteiger partial charge in [-0.15, -0.1) is 0 Å². The molecule has 0 radical (unpaired) electrons. The zero-order chi connectivity index (χ0) is 19.9. The minimum absolute atomic E-state index is 0.00387. The van der Waals surface area contributed by atoms with Crippen molar-refractivity contribution in [2.24, 2.45) is 0 Å². The molecule has 0 aliphatic carbocycles. The van der Waals surface area contributed by atoms with Crippen molar-refractivity contribution in [3.05, 3.63) is 22.2 Å². The number of imide groups is 1. The molecule has 1 fully saturated rings. The number of amides is 4. The lowest BCUT2D eigenvalue weighted by molar-refractivity contribution is -0.138. The standard InChI is InChI=1S/C18H23BrN4O4/c1-5-18(4)16(25)23(17(26)20-18)21-15(24)9-22-8-11(3)27-14-6-10(2)12(19)7-13(14)22/h6-7,11H,5,8-9H2,1-4H3,(H,20,26)(H,21,24)/t11-,18+/m1/s1. The predicted molar refractivity (Wildman–Crippen MR) is 103 cm³/mol. The van der Waals surface area contributed by atoms with Crippen molar-refractivity contribution in [3.8, 4) is 5.75 Å². The molecular formula is C18H23BrN4O4. The number of urea groups is 1. The van der Waals surface area contributed by atoms with Gasteiger partial charge in [-0.2, -0.15) is 5.01 Å². The number of hydrogen-bond acceptors (Lipinski definition) is 5. The van der Waals surface area contributed by atoms with Crippen LogP contribution in [0.15, 0.2) is 16.6 Å². The van der Waals surface area contributed by atoms with Gasteiger partial charge in [-0.3, -0.25) is 15.0 Å². The second-order valence-electron chi connectivity index (χ2n) is 7.17. The molecule has 2 aliphatic heterocycles. The van der Waals surface area contributed by atoms with E-state index in [0.717, 1.165) is 20.7 Å². The van der Waals surface area contributed by atoms with E-state index in [2.05, 4.69) is 26.7 Å². The van der Waals surface area contributed by atoms with Gasteiger partial charge in [-0.1, -0.05) is 22.9 Å². The largest absolute Gasteiger partial charge is 0.487 e. The zero-order valence-electron chi connectivity index (χ0n) is 15.8. The average molecular weight is 439 g/mol. The lowest BCUT2D eigenvalue weighted by Gasteiger charge is -2.35. The van der Waals surface area contributed by atoms with E-state index in [9.17, 15) is 14.4 Å². The number of ether oxygens (including phenoxy) is 1. The topological polar surface area (TPSA) is 91.0 Å². The molecule has 0 bridgehead atoms. The average Bonchev–Trinajstić information content (AvgIpc) is 2.80. The SMILES string of the molecule is CC[C@]1(C)NC(=O)N(NC(=O)CN2C[C@@H](C)Oc3cc(C)c(Br)cc32)C1=O. The number of benzene rings is 1. The van der Waals surface area contributed by atoms with E-state index in [1.807, 2.05) is 30.9 Å². The van der Waals surface area contributed by atoms with E-state index in [4.69, 9.17) is 4.74 Å². The Morgan fingerprint density at radius 1 is 1.44 bits per heavy atom. The number of halogens is 1. The summed E-state index contributed by atoms with van der Waals surface area (Å²) in [6.45, 7) is 7.84. The van der Waals surface area contributed by atoms with Crippen molar-refractivity contribution < 1.29 is 19.1 Å². The van der Waals surface area contributed by atoms with Crippen LogP contribution < -0.4 is 20.4 Å². The zero-order valence-corrected chi connectivity index (χ0v) is 17.3. The Balaban J connectivity index is 1.75. The third kappa shape index (κ3) is 3.60. The monoisotopic (exact) mass is 438 g/mol. The predicted octanol–water partition coefficient (Wildman–Crippen LogP) is 2.10. The molecule has 1 aromatic rings. The molecule has 0 aromatic heterocycles. The Labute approximate surface area is 166 Å². The Morgan fingerprint density at radius 3 is 2.78 bits per heavy atom. The van der Waals surface area contributed by atoms with E-state index < -0.39 is 23.4 Å². The molecule has 0 unspecified atom stereocenters. The number of rotatable bonds is 4. The molecule has 146 valence electrons. The van der Waals surface area contributed by atoms with Crippen molar-refractivity contribution in [3.63, 3.8) is 0 Å². The van der Waals surface area contributed by atoms with Gasteiger partial charge < -0.3 is 15.0 Å². The molecule has 8 nitrogen and oxygen atoms in total. The van der Waals surface area contributed by atoms with Gasteiger partial charge >= 0.3 is 6.03 Å². The molecule has 2 N–H and O–H groups in total. The highest BCUT2D eigenvalue weighted by Crippen LogP contribution is 2.37. The van der Waals surface area contributed by atoms with Crippen LogP contribution in [0.3, 0.4) is 0 Å². The van der Waals surface area contributed by atoms with Crippen molar-refractivity contribution in [2.45, 2.75) is 45.8 Å². The summed E-state index contributed by atoms with van der Waals surface area (Å²) >= 11 is 3.50. The minimum atomic E-state index is -0.993. The summed E-state index contributed by atoms with van der Waals surface area (Å²) in [4.78, 5) is 38.9. The normalized spacial score (nSPS) is 24.4. The maximum absolute atomic E-state index is 12.5. The van der Waals surface area contributed by atoms with Crippen LogP contribution in [-0.2, 0) is 9.59 Å². The van der Waals surface area contributed by atoms with Gasteiger partial charge in [0, 0.05) is 4.47 Å². The van der Waals surface area contributed by atoms with Gasteiger partial charge in [0.25, 0.3) is 11.8 Å². The lowest BCUT2D eigenvalue weighted by atomic mass is 10.00. The molecule has 4 amide bonds. The molecule has 3 rings (SSSR count). The first kappa shape index (κ1) is 19.5. The summed E-state index contributed by atoms with van der Waals surface area (Å²) in [6, 6.07) is 3.21. The molecule has 1 aromatic carbocycles. The number of carbonyl (C=O) groups is 3. The van der Waals surface area contributed by atoms with Crippen molar-refractivity contribution in [2.75, 3.05) is 18.0 Å². The number of hydrazine groups is 1. The van der Waals surface area contributed by atoms with E-state index in [1.165, 1.54) is 0 Å². The fourth-order valence-electron chi connectivity index (χ4n) is 3.16. The Kier molecular flexibility index (Phi) is 5.07. The van der Waals surface area contributed by atoms with Crippen LogP contribution in [-0.4, -0.2) is 47.6 Å². The van der Waals surface area contributed by atoms with Gasteiger partial charge in [0.2, 0.25) is 0 Å². The maximum atomic E-state index is 12.5. The van der Waals surface area contributed by atoms with Crippen LogP contribution in [0.5, 0.6) is 5.75 Å². The van der Waals surface area contributed by atoms with Gasteiger partial charge in [0.1, 0.15) is 17.4 Å². The Bertz CT molecular complexity index is 815. The van der Waals surface area contributed by atoms with E-state index in [-0.39, 0.29) is 12.6 Å². The van der Waals surface area contributed by atoms with Gasteiger partial charge in [0.05, 0.1) is 18.8 Å². The fraction of sp³-hybridized carbons (Fsp3) is 0.500. The molecule has 9 heteroatoms. The van der Waals surface area contributed by atoms with Crippen LogP contribution in [0.1, 0.15) is 32.8 Å². The summed E-state index contributed by atoms with van der Waals surface area (Å²) in [7, 11) is 0. The number of carbonyl (C=O) groups excluding carboxylic acids is 3. The number of hydrogen-bond donors (Lipinski definition) is 2. The van der Waals surface area contributed by atoms with Crippen LogP contribution in [0.4, 0.5) is 10.5 Å². The Morgan fingerprint density at radius 2 is 2.15 bits per heavy atom. The summed E-state index contributed by atoms with van der Waals surface area (Å²) in [6.07, 6.45) is 0.344. The van der Waals surface area contributed by atoms with Gasteiger partial charge in [-0.05, 0) is 44.9 Å². The summed E-state index contributed by atoms with van der Waals surface area (Å²) in [5, 5.41) is 3.37. The van der Waals surface area contributed by atoms with Crippen LogP contribution in [0.2, 0.25) is 0 Å². The second-order valence-corrected chi connectivity index (χ2v) is 8.02. The highest BCUT2D eigenvalue weighted by molar-refractivity contribution is 9.10. The molecule has 0 saturated carbocycles. The molecular weight excluding hydrogens is 416 g/mol. The van der Waals surface area contributed by atoms with Crippen LogP contribution >= 0.6 is 15.9 Å². The third-order valence-electron chi connectivity index (χ3n) is 4.93.